The summed E-state index contributed by atoms with van der Waals surface area (Å²) in [7, 11) is 0. The molecule has 32 heavy (non-hydrogen) atoms. The molecule has 0 unspecified atom stereocenters. The maximum absolute atomic E-state index is 13.2. The van der Waals surface area contributed by atoms with Crippen molar-refractivity contribution >= 4 is 34.9 Å². The highest BCUT2D eigenvalue weighted by atomic mass is 35.5. The van der Waals surface area contributed by atoms with Gasteiger partial charge in [0.05, 0.1) is 0 Å². The molecule has 0 aliphatic carbocycles. The van der Waals surface area contributed by atoms with Gasteiger partial charge in [-0.15, -0.1) is 0 Å². The number of nitrogens with one attached hydrogen (secondary N) is 1. The molecule has 0 saturated heterocycles. The number of carbonyl (C=O) groups is 1. The summed E-state index contributed by atoms with van der Waals surface area (Å²) >= 11 is 5.86. The molecule has 0 aliphatic rings. The van der Waals surface area contributed by atoms with E-state index in [1.165, 1.54) is 10.5 Å². The molecule has 0 saturated carbocycles. The van der Waals surface area contributed by atoms with Crippen LogP contribution in [0.3, 0.4) is 0 Å². The minimum absolute atomic E-state index is 0.0144. The number of para-hydroxylation sites is 1. The monoisotopic (exact) mass is 442 g/mol. The number of fused-ring (bicyclic) bond motifs is 1. The van der Waals surface area contributed by atoms with Gasteiger partial charge in [-0.05, 0) is 54.6 Å². The number of rotatable bonds is 5. The fourth-order valence-electron chi connectivity index (χ4n) is 2.91. The van der Waals surface area contributed by atoms with E-state index in [1.54, 1.807) is 72.9 Å². The molecule has 2 aromatic carbocycles. The van der Waals surface area contributed by atoms with Crippen LogP contribution in [0.2, 0.25) is 5.02 Å². The Bertz CT molecular complexity index is 1420. The fourth-order valence-corrected chi connectivity index (χ4v) is 3.03. The highest BCUT2D eigenvalue weighted by molar-refractivity contribution is 6.30. The van der Waals surface area contributed by atoms with Crippen molar-refractivity contribution in [3.05, 3.63) is 106 Å². The van der Waals surface area contributed by atoms with Crippen LogP contribution >= 0.6 is 11.6 Å². The van der Waals surface area contributed by atoms with Gasteiger partial charge in [0.25, 0.3) is 11.5 Å². The Balaban J connectivity index is 1.79. The third kappa shape index (κ3) is 4.51. The van der Waals surface area contributed by atoms with Crippen LogP contribution < -0.4 is 15.6 Å². The number of amides is 1. The Morgan fingerprint density at radius 2 is 1.78 bits per heavy atom. The number of anilines is 1. The van der Waals surface area contributed by atoms with Crippen LogP contribution in [0, 0.1) is 11.3 Å². The highest BCUT2D eigenvalue weighted by Gasteiger charge is 2.17. The second-order valence-electron chi connectivity index (χ2n) is 6.61. The number of nitriles is 1. The second-order valence-corrected chi connectivity index (χ2v) is 7.05. The molecule has 1 amide bonds. The molecular formula is C24H15ClN4O3. The molecule has 0 fully saturated rings. The summed E-state index contributed by atoms with van der Waals surface area (Å²) in [6, 6.07) is 22.1. The molecule has 0 aliphatic heterocycles. The maximum Gasteiger partial charge on any atom is 0.269 e. The number of nitrogens with zero attached hydrogens (tertiary/aromatic N) is 3. The molecule has 7 nitrogen and oxygen atoms in total. The van der Waals surface area contributed by atoms with Crippen LogP contribution in [-0.4, -0.2) is 15.3 Å². The molecule has 0 bridgehead atoms. The van der Waals surface area contributed by atoms with Crippen LogP contribution in [0.4, 0.5) is 5.69 Å². The lowest BCUT2D eigenvalue weighted by Crippen LogP contribution is -2.20. The zero-order chi connectivity index (χ0) is 22.5. The van der Waals surface area contributed by atoms with Crippen molar-refractivity contribution < 1.29 is 9.53 Å². The lowest BCUT2D eigenvalue weighted by atomic mass is 10.1. The summed E-state index contributed by atoms with van der Waals surface area (Å²) in [5.74, 6) is -0.240. The Hall–Kier alpha value is -4.41. The van der Waals surface area contributed by atoms with E-state index >= 15 is 0 Å². The molecule has 0 spiro atoms. The first-order valence-electron chi connectivity index (χ1n) is 9.48. The minimum atomic E-state index is -0.682. The smallest absolute Gasteiger partial charge is 0.269 e. The van der Waals surface area contributed by atoms with Gasteiger partial charge in [-0.1, -0.05) is 35.9 Å². The minimum Gasteiger partial charge on any atom is -0.438 e. The number of hydrogen-bond donors (Lipinski definition) is 1. The number of halogens is 1. The lowest BCUT2D eigenvalue weighted by molar-refractivity contribution is -0.112. The van der Waals surface area contributed by atoms with E-state index in [9.17, 15) is 14.9 Å². The number of hydrogen-bond acceptors (Lipinski definition) is 5. The van der Waals surface area contributed by atoms with E-state index in [0.29, 0.717) is 22.1 Å². The molecule has 4 rings (SSSR count). The van der Waals surface area contributed by atoms with Gasteiger partial charge in [-0.2, -0.15) is 10.2 Å². The van der Waals surface area contributed by atoms with E-state index < -0.39 is 11.5 Å². The standard InChI is InChI=1S/C24H15ClN4O3/c25-17-9-11-18(12-10-17)27-22(30)16(15-26)14-20-23(32-19-6-2-1-3-7-19)28-21-8-4-5-13-29(21)24(20)31/h1-14H,(H,27,30)/b16-14-. The van der Waals surface area contributed by atoms with Gasteiger partial charge in [0.2, 0.25) is 5.88 Å². The average molecular weight is 443 g/mol. The summed E-state index contributed by atoms with van der Waals surface area (Å²) in [6.07, 6.45) is 2.73. The summed E-state index contributed by atoms with van der Waals surface area (Å²) in [5.41, 5.74) is 0.0287. The van der Waals surface area contributed by atoms with Gasteiger partial charge in [-0.25, -0.2) is 0 Å². The van der Waals surface area contributed by atoms with Crippen molar-refractivity contribution in [3.8, 4) is 17.7 Å². The zero-order valence-electron chi connectivity index (χ0n) is 16.5. The van der Waals surface area contributed by atoms with Gasteiger partial charge in [-0.3, -0.25) is 14.0 Å². The van der Waals surface area contributed by atoms with Crippen LogP contribution in [0.1, 0.15) is 5.56 Å². The molecule has 2 heterocycles. The topological polar surface area (TPSA) is 96.5 Å². The van der Waals surface area contributed by atoms with E-state index in [2.05, 4.69) is 10.3 Å². The van der Waals surface area contributed by atoms with Crippen molar-refractivity contribution in [2.24, 2.45) is 0 Å². The summed E-state index contributed by atoms with van der Waals surface area (Å²) in [6.45, 7) is 0. The highest BCUT2D eigenvalue weighted by Crippen LogP contribution is 2.24. The Morgan fingerprint density at radius 1 is 1.06 bits per heavy atom. The largest absolute Gasteiger partial charge is 0.438 e. The molecule has 4 aromatic rings. The third-order valence-electron chi connectivity index (χ3n) is 4.45. The van der Waals surface area contributed by atoms with Gasteiger partial charge in [0.15, 0.2) is 0 Å². The first-order valence-corrected chi connectivity index (χ1v) is 9.86. The molecular weight excluding hydrogens is 428 g/mol. The maximum atomic E-state index is 13.2. The van der Waals surface area contributed by atoms with Gasteiger partial charge in [0.1, 0.15) is 28.6 Å². The molecule has 156 valence electrons. The second kappa shape index (κ2) is 9.16. The Morgan fingerprint density at radius 3 is 2.50 bits per heavy atom. The molecule has 1 N–H and O–H groups in total. The van der Waals surface area contributed by atoms with Crippen molar-refractivity contribution in [2.75, 3.05) is 5.32 Å². The Kier molecular flexibility index (Phi) is 5.97. The molecule has 8 heteroatoms. The molecule has 0 radical (unpaired) electrons. The zero-order valence-corrected chi connectivity index (χ0v) is 17.3. The van der Waals surface area contributed by atoms with Crippen LogP contribution in [0.15, 0.2) is 89.4 Å². The first kappa shape index (κ1) is 20.8. The van der Waals surface area contributed by atoms with Crippen molar-refractivity contribution in [2.45, 2.75) is 0 Å². The van der Waals surface area contributed by atoms with Gasteiger partial charge < -0.3 is 10.1 Å². The van der Waals surface area contributed by atoms with E-state index in [-0.39, 0.29) is 17.0 Å². The molecule has 0 atom stereocenters. The Labute approximate surface area is 187 Å². The number of ether oxygens (including phenoxy) is 1. The summed E-state index contributed by atoms with van der Waals surface area (Å²) in [5, 5.41) is 12.7. The van der Waals surface area contributed by atoms with Gasteiger partial charge in [0, 0.05) is 16.9 Å². The summed E-state index contributed by atoms with van der Waals surface area (Å²) < 4.78 is 7.15. The van der Waals surface area contributed by atoms with E-state index in [4.69, 9.17) is 16.3 Å². The summed E-state index contributed by atoms with van der Waals surface area (Å²) in [4.78, 5) is 30.2. The number of benzene rings is 2. The SMILES string of the molecule is N#C/C(=C/c1c(Oc2ccccc2)nc2ccccn2c1=O)C(=O)Nc1ccc(Cl)cc1. The number of aromatic nitrogens is 2. The third-order valence-corrected chi connectivity index (χ3v) is 4.70. The predicted molar refractivity (Wildman–Crippen MR) is 122 cm³/mol. The lowest BCUT2D eigenvalue weighted by Gasteiger charge is -2.10. The van der Waals surface area contributed by atoms with Crippen molar-refractivity contribution in [1.82, 2.24) is 9.38 Å². The van der Waals surface area contributed by atoms with Crippen LogP contribution in [0.5, 0.6) is 11.6 Å². The van der Waals surface area contributed by atoms with Crippen LogP contribution in [-0.2, 0) is 4.79 Å². The van der Waals surface area contributed by atoms with E-state index in [1.807, 2.05) is 12.1 Å². The van der Waals surface area contributed by atoms with Gasteiger partial charge >= 0.3 is 0 Å². The predicted octanol–water partition coefficient (Wildman–Crippen LogP) is 4.69. The van der Waals surface area contributed by atoms with E-state index in [0.717, 1.165) is 0 Å². The average Bonchev–Trinajstić information content (AvgIpc) is 2.81. The number of pyridine rings is 1. The first-order chi connectivity index (χ1) is 15.5. The van der Waals surface area contributed by atoms with Crippen LogP contribution in [0.25, 0.3) is 11.7 Å². The fraction of sp³-hybridized carbons (Fsp3) is 0. The quantitative estimate of drug-likeness (QED) is 0.357. The molecule has 2 aromatic heterocycles. The normalized spacial score (nSPS) is 11.1. The van der Waals surface area contributed by atoms with Crippen molar-refractivity contribution in [3.63, 3.8) is 0 Å². The van der Waals surface area contributed by atoms with Crippen molar-refractivity contribution in [1.29, 1.82) is 5.26 Å². The number of carbonyl (C=O) groups excluding carboxylic acids is 1.